The Balaban J connectivity index is 2.69. The summed E-state index contributed by atoms with van der Waals surface area (Å²) in [5, 5.41) is 13.3. The Morgan fingerprint density at radius 3 is 2.67 bits per heavy atom. The summed E-state index contributed by atoms with van der Waals surface area (Å²) < 4.78 is 1.73. The highest BCUT2D eigenvalue weighted by Crippen LogP contribution is 2.27. The van der Waals surface area contributed by atoms with Crippen LogP contribution < -0.4 is 0 Å². The Kier molecular flexibility index (Phi) is 3.14. The molecule has 2 aromatic heterocycles. The average Bonchev–Trinajstić information content (AvgIpc) is 2.68. The minimum Gasteiger partial charge on any atom is -0.476 e. The van der Waals surface area contributed by atoms with Crippen LogP contribution in [0.25, 0.3) is 11.3 Å². The maximum Gasteiger partial charge on any atom is 0.356 e. The van der Waals surface area contributed by atoms with E-state index in [0.29, 0.717) is 5.56 Å². The van der Waals surface area contributed by atoms with E-state index in [1.165, 1.54) is 0 Å². The number of nitrogens with zero attached hydrogens (tertiary/aromatic N) is 3. The lowest BCUT2D eigenvalue weighted by molar-refractivity contribution is 0.0688. The van der Waals surface area contributed by atoms with E-state index in [1.807, 2.05) is 26.0 Å². The molecule has 0 unspecified atom stereocenters. The van der Waals surface area contributed by atoms with E-state index in [9.17, 15) is 4.79 Å². The van der Waals surface area contributed by atoms with Gasteiger partial charge in [0.15, 0.2) is 5.69 Å². The van der Waals surface area contributed by atoms with Gasteiger partial charge in [0.25, 0.3) is 0 Å². The van der Waals surface area contributed by atoms with Gasteiger partial charge in [-0.3, -0.25) is 9.67 Å². The minimum atomic E-state index is -1.00. The second-order valence-corrected chi connectivity index (χ2v) is 4.41. The summed E-state index contributed by atoms with van der Waals surface area (Å²) in [6.07, 6.45) is 3.40. The topological polar surface area (TPSA) is 68.0 Å². The van der Waals surface area contributed by atoms with Gasteiger partial charge in [-0.2, -0.15) is 5.10 Å². The smallest absolute Gasteiger partial charge is 0.356 e. The second-order valence-electron chi connectivity index (χ2n) is 4.41. The summed E-state index contributed by atoms with van der Waals surface area (Å²) in [4.78, 5) is 15.2. The van der Waals surface area contributed by atoms with E-state index in [4.69, 9.17) is 5.11 Å². The maximum absolute atomic E-state index is 11.1. The fraction of sp³-hybridized carbons (Fsp3) is 0.308. The molecule has 0 aliphatic rings. The molecule has 0 saturated heterocycles. The van der Waals surface area contributed by atoms with Crippen molar-refractivity contribution in [1.29, 1.82) is 0 Å². The number of hydrogen-bond acceptors (Lipinski definition) is 3. The van der Waals surface area contributed by atoms with Gasteiger partial charge < -0.3 is 5.11 Å². The van der Waals surface area contributed by atoms with Crippen LogP contribution in [0.5, 0.6) is 0 Å². The SMILES string of the molecule is Cc1c(C(=O)O)nn(C(C)C)c1-c1cccnc1. The molecule has 0 fully saturated rings. The van der Waals surface area contributed by atoms with E-state index in [1.54, 1.807) is 24.0 Å². The van der Waals surface area contributed by atoms with E-state index < -0.39 is 5.97 Å². The van der Waals surface area contributed by atoms with Crippen molar-refractivity contribution >= 4 is 5.97 Å². The molecule has 2 heterocycles. The number of rotatable bonds is 3. The first kappa shape index (κ1) is 12.3. The first-order valence-electron chi connectivity index (χ1n) is 5.75. The molecular formula is C13H15N3O2. The van der Waals surface area contributed by atoms with Crippen molar-refractivity contribution in [3.63, 3.8) is 0 Å². The molecule has 2 rings (SSSR count). The molecule has 1 N–H and O–H groups in total. The minimum absolute atomic E-state index is 0.0898. The van der Waals surface area contributed by atoms with Crippen LogP contribution in [-0.4, -0.2) is 25.8 Å². The number of pyridine rings is 1. The molecule has 18 heavy (non-hydrogen) atoms. The van der Waals surface area contributed by atoms with Gasteiger partial charge in [-0.1, -0.05) is 0 Å². The Labute approximate surface area is 105 Å². The molecule has 0 bridgehead atoms. The lowest BCUT2D eigenvalue weighted by Crippen LogP contribution is -2.06. The Morgan fingerprint density at radius 2 is 2.17 bits per heavy atom. The molecule has 0 aliphatic carbocycles. The van der Waals surface area contributed by atoms with Crippen LogP contribution >= 0.6 is 0 Å². The van der Waals surface area contributed by atoms with Crippen molar-refractivity contribution in [3.05, 3.63) is 35.8 Å². The number of aromatic carboxylic acids is 1. The molecular weight excluding hydrogens is 230 g/mol. The van der Waals surface area contributed by atoms with Gasteiger partial charge in [0.05, 0.1) is 5.69 Å². The summed E-state index contributed by atoms with van der Waals surface area (Å²) in [5.41, 5.74) is 2.46. The second kappa shape index (κ2) is 4.60. The fourth-order valence-electron chi connectivity index (χ4n) is 1.95. The number of hydrogen-bond donors (Lipinski definition) is 1. The van der Waals surface area contributed by atoms with Crippen molar-refractivity contribution in [1.82, 2.24) is 14.8 Å². The lowest BCUT2D eigenvalue weighted by Gasteiger charge is -2.11. The highest BCUT2D eigenvalue weighted by atomic mass is 16.4. The van der Waals surface area contributed by atoms with Crippen LogP contribution in [0.15, 0.2) is 24.5 Å². The summed E-state index contributed by atoms with van der Waals surface area (Å²) in [7, 11) is 0. The molecule has 0 aromatic carbocycles. The third-order valence-corrected chi connectivity index (χ3v) is 2.77. The van der Waals surface area contributed by atoms with Gasteiger partial charge >= 0.3 is 5.97 Å². The first-order chi connectivity index (χ1) is 8.52. The van der Waals surface area contributed by atoms with Crippen LogP contribution in [0.1, 0.15) is 35.9 Å². The molecule has 5 nitrogen and oxygen atoms in total. The maximum atomic E-state index is 11.1. The molecule has 0 radical (unpaired) electrons. The third kappa shape index (κ3) is 1.99. The highest BCUT2D eigenvalue weighted by Gasteiger charge is 2.21. The standard InChI is InChI=1S/C13H15N3O2/c1-8(2)16-12(10-5-4-6-14-7-10)9(3)11(15-16)13(17)18/h4-8H,1-3H3,(H,17,18). The zero-order chi connectivity index (χ0) is 13.3. The van der Waals surface area contributed by atoms with E-state index in [2.05, 4.69) is 10.1 Å². The highest BCUT2D eigenvalue weighted by molar-refractivity contribution is 5.89. The van der Waals surface area contributed by atoms with Crippen LogP contribution in [0, 0.1) is 6.92 Å². The molecule has 0 saturated carbocycles. The molecule has 94 valence electrons. The molecule has 0 amide bonds. The summed E-state index contributed by atoms with van der Waals surface area (Å²) >= 11 is 0. The summed E-state index contributed by atoms with van der Waals surface area (Å²) in [5.74, 6) is -1.00. The average molecular weight is 245 g/mol. The zero-order valence-electron chi connectivity index (χ0n) is 10.6. The van der Waals surface area contributed by atoms with Gasteiger partial charge in [0.1, 0.15) is 0 Å². The van der Waals surface area contributed by atoms with Gasteiger partial charge in [-0.15, -0.1) is 0 Å². The normalized spacial score (nSPS) is 10.9. The molecule has 5 heteroatoms. The van der Waals surface area contributed by atoms with Crippen LogP contribution in [-0.2, 0) is 0 Å². The van der Waals surface area contributed by atoms with Crippen molar-refractivity contribution in [3.8, 4) is 11.3 Å². The van der Waals surface area contributed by atoms with Crippen LogP contribution in [0.2, 0.25) is 0 Å². The monoisotopic (exact) mass is 245 g/mol. The predicted molar refractivity (Wildman–Crippen MR) is 67.5 cm³/mol. The summed E-state index contributed by atoms with van der Waals surface area (Å²) in [6, 6.07) is 3.82. The van der Waals surface area contributed by atoms with Gasteiger partial charge in [-0.25, -0.2) is 4.79 Å². The van der Waals surface area contributed by atoms with Gasteiger partial charge in [-0.05, 0) is 32.9 Å². The Hall–Kier alpha value is -2.17. The van der Waals surface area contributed by atoms with Crippen molar-refractivity contribution in [2.45, 2.75) is 26.8 Å². The molecule has 0 spiro atoms. The number of carboxylic acid groups (broad SMARTS) is 1. The van der Waals surface area contributed by atoms with Crippen molar-refractivity contribution in [2.24, 2.45) is 0 Å². The van der Waals surface area contributed by atoms with Gasteiger partial charge in [0, 0.05) is 29.6 Å². The Bertz CT molecular complexity index is 573. The number of carboxylic acids is 1. The molecule has 0 atom stereocenters. The van der Waals surface area contributed by atoms with E-state index in [-0.39, 0.29) is 11.7 Å². The Morgan fingerprint density at radius 1 is 1.44 bits per heavy atom. The van der Waals surface area contributed by atoms with Crippen LogP contribution in [0.4, 0.5) is 0 Å². The lowest BCUT2D eigenvalue weighted by atomic mass is 10.1. The fourth-order valence-corrected chi connectivity index (χ4v) is 1.95. The molecule has 2 aromatic rings. The number of carbonyl (C=O) groups is 1. The molecule has 0 aliphatic heterocycles. The third-order valence-electron chi connectivity index (χ3n) is 2.77. The zero-order valence-corrected chi connectivity index (χ0v) is 10.6. The summed E-state index contributed by atoms with van der Waals surface area (Å²) in [6.45, 7) is 5.72. The van der Waals surface area contributed by atoms with Crippen LogP contribution in [0.3, 0.4) is 0 Å². The van der Waals surface area contributed by atoms with E-state index >= 15 is 0 Å². The largest absolute Gasteiger partial charge is 0.476 e. The number of aromatic nitrogens is 3. The van der Waals surface area contributed by atoms with E-state index in [0.717, 1.165) is 11.3 Å². The van der Waals surface area contributed by atoms with Crippen molar-refractivity contribution in [2.75, 3.05) is 0 Å². The van der Waals surface area contributed by atoms with Gasteiger partial charge in [0.2, 0.25) is 0 Å². The first-order valence-corrected chi connectivity index (χ1v) is 5.75. The quantitative estimate of drug-likeness (QED) is 0.902. The van der Waals surface area contributed by atoms with Crippen molar-refractivity contribution < 1.29 is 9.90 Å². The predicted octanol–water partition coefficient (Wildman–Crippen LogP) is 2.53.